The zero-order valence-corrected chi connectivity index (χ0v) is 14.7. The fourth-order valence-electron chi connectivity index (χ4n) is 3.37. The minimum Gasteiger partial charge on any atom is -0.388 e. The van der Waals surface area contributed by atoms with Crippen molar-refractivity contribution < 1.29 is 4.79 Å². The number of hydrogen-bond acceptors (Lipinski definition) is 4. The van der Waals surface area contributed by atoms with E-state index in [2.05, 4.69) is 41.2 Å². The summed E-state index contributed by atoms with van der Waals surface area (Å²) in [4.78, 5) is 12.8. The van der Waals surface area contributed by atoms with E-state index in [1.807, 2.05) is 36.0 Å². The quantitative estimate of drug-likeness (QED) is 0.636. The smallest absolute Gasteiger partial charge is 0.269 e. The highest BCUT2D eigenvalue weighted by Crippen LogP contribution is 2.38. The fraction of sp³-hybridized carbons (Fsp3) is 0.158. The van der Waals surface area contributed by atoms with Gasteiger partial charge in [0.15, 0.2) is 5.69 Å². The number of primary amides is 1. The minimum absolute atomic E-state index is 0.352. The van der Waals surface area contributed by atoms with E-state index in [0.717, 1.165) is 45.9 Å². The van der Waals surface area contributed by atoms with Gasteiger partial charge in [0.2, 0.25) is 0 Å². The number of thiol groups is 1. The van der Waals surface area contributed by atoms with Crippen molar-refractivity contribution in [1.29, 1.82) is 0 Å². The second-order valence-electron chi connectivity index (χ2n) is 6.09. The normalized spacial score (nSPS) is 12.4. The highest BCUT2D eigenvalue weighted by molar-refractivity contribution is 7.80. The summed E-state index contributed by atoms with van der Waals surface area (Å²) < 4.78 is 1.82. The van der Waals surface area contributed by atoms with Crippen LogP contribution in [0, 0.1) is 0 Å². The molecule has 1 amide bonds. The van der Waals surface area contributed by atoms with Gasteiger partial charge in [-0.2, -0.15) is 5.10 Å². The molecule has 0 bridgehead atoms. The zero-order valence-electron chi connectivity index (χ0n) is 13.8. The van der Waals surface area contributed by atoms with Gasteiger partial charge in [-0.3, -0.25) is 4.79 Å². The Labute approximate surface area is 151 Å². The summed E-state index contributed by atoms with van der Waals surface area (Å²) in [7, 11) is 1.89. The first-order valence-electron chi connectivity index (χ1n) is 8.10. The molecule has 25 heavy (non-hydrogen) atoms. The number of carbonyl (C=O) groups excluding carboxylic acids is 1. The van der Waals surface area contributed by atoms with Crippen LogP contribution in [0.15, 0.2) is 47.4 Å². The monoisotopic (exact) mass is 350 g/mol. The molecule has 0 aliphatic heterocycles. The van der Waals surface area contributed by atoms with Gasteiger partial charge in [0.25, 0.3) is 5.91 Å². The largest absolute Gasteiger partial charge is 0.388 e. The topological polar surface area (TPSA) is 72.9 Å². The van der Waals surface area contributed by atoms with Gasteiger partial charge in [-0.05, 0) is 54.8 Å². The third kappa shape index (κ3) is 2.59. The predicted molar refractivity (Wildman–Crippen MR) is 102 cm³/mol. The van der Waals surface area contributed by atoms with Crippen LogP contribution in [-0.2, 0) is 12.8 Å². The summed E-state index contributed by atoms with van der Waals surface area (Å²) in [5.74, 6) is -0.492. The maximum atomic E-state index is 11.9. The molecule has 0 unspecified atom stereocenters. The first-order valence-corrected chi connectivity index (χ1v) is 8.55. The number of hydrogen-bond donors (Lipinski definition) is 3. The van der Waals surface area contributed by atoms with Gasteiger partial charge in [0.05, 0.1) is 11.4 Å². The Kier molecular flexibility index (Phi) is 3.77. The average molecular weight is 350 g/mol. The van der Waals surface area contributed by atoms with E-state index in [1.54, 1.807) is 0 Å². The first-order chi connectivity index (χ1) is 12.1. The molecule has 4 rings (SSSR count). The van der Waals surface area contributed by atoms with Crippen molar-refractivity contribution in [3.05, 3.63) is 59.3 Å². The highest BCUT2D eigenvalue weighted by atomic mass is 32.1. The van der Waals surface area contributed by atoms with Crippen LogP contribution in [0.4, 0.5) is 5.69 Å². The lowest BCUT2D eigenvalue weighted by molar-refractivity contribution is 0.0994. The number of rotatable bonds is 3. The number of amides is 1. The van der Waals surface area contributed by atoms with Crippen molar-refractivity contribution in [2.75, 3.05) is 12.4 Å². The lowest BCUT2D eigenvalue weighted by Gasteiger charge is -2.20. The van der Waals surface area contributed by atoms with Gasteiger partial charge in [0, 0.05) is 28.8 Å². The first kappa shape index (κ1) is 15.8. The maximum Gasteiger partial charge on any atom is 0.269 e. The fourth-order valence-corrected chi connectivity index (χ4v) is 3.52. The van der Waals surface area contributed by atoms with Gasteiger partial charge in [0.1, 0.15) is 0 Å². The van der Waals surface area contributed by atoms with Crippen molar-refractivity contribution in [2.24, 2.45) is 5.73 Å². The number of nitrogens with two attached hydrogens (primary N) is 1. The molecule has 3 N–H and O–H groups in total. The summed E-state index contributed by atoms with van der Waals surface area (Å²) in [5, 5.41) is 7.72. The standard InChI is InChI=1S/C19H18N4OS/c1-21-12-4-2-11-3-9-15-17(19(20)24)22-23(18(15)16(11)10-12)13-5-7-14(25)8-6-13/h2,4-8,10,21,25H,3,9H2,1H3,(H2,20,24). The Morgan fingerprint density at radius 3 is 2.64 bits per heavy atom. The van der Waals surface area contributed by atoms with Crippen molar-refractivity contribution >= 4 is 24.2 Å². The molecule has 0 radical (unpaired) electrons. The minimum atomic E-state index is -0.492. The SMILES string of the molecule is CNc1ccc2c(c1)-c1c(c(C(N)=O)nn1-c1ccc(S)cc1)CC2. The van der Waals surface area contributed by atoms with Gasteiger partial charge in [-0.25, -0.2) is 4.68 Å². The Bertz CT molecular complexity index is 976. The van der Waals surface area contributed by atoms with Crippen molar-refractivity contribution in [1.82, 2.24) is 9.78 Å². The van der Waals surface area contributed by atoms with E-state index < -0.39 is 5.91 Å². The van der Waals surface area contributed by atoms with Gasteiger partial charge >= 0.3 is 0 Å². The molecule has 1 aliphatic carbocycles. The molecule has 6 heteroatoms. The molecule has 5 nitrogen and oxygen atoms in total. The number of fused-ring (bicyclic) bond motifs is 3. The predicted octanol–water partition coefficient (Wildman–Crippen LogP) is 3.07. The molecule has 0 spiro atoms. The van der Waals surface area contributed by atoms with Gasteiger partial charge < -0.3 is 11.1 Å². The zero-order chi connectivity index (χ0) is 17.6. The summed E-state index contributed by atoms with van der Waals surface area (Å²) in [6, 6.07) is 14.0. The summed E-state index contributed by atoms with van der Waals surface area (Å²) in [6.07, 6.45) is 1.62. The van der Waals surface area contributed by atoms with Crippen LogP contribution in [0.25, 0.3) is 16.9 Å². The van der Waals surface area contributed by atoms with Crippen LogP contribution in [0.5, 0.6) is 0 Å². The third-order valence-electron chi connectivity index (χ3n) is 4.61. The van der Waals surface area contributed by atoms with Crippen LogP contribution >= 0.6 is 12.6 Å². The van der Waals surface area contributed by atoms with Crippen molar-refractivity contribution in [3.63, 3.8) is 0 Å². The summed E-state index contributed by atoms with van der Waals surface area (Å²) in [5.41, 5.74) is 12.0. The Morgan fingerprint density at radius 1 is 1.20 bits per heavy atom. The molecule has 0 fully saturated rings. The average Bonchev–Trinajstić information content (AvgIpc) is 3.02. The molecule has 1 aromatic heterocycles. The second kappa shape index (κ2) is 5.97. The van der Waals surface area contributed by atoms with E-state index in [1.165, 1.54) is 5.56 Å². The number of carbonyl (C=O) groups is 1. The van der Waals surface area contributed by atoms with Crippen LogP contribution in [0.1, 0.15) is 21.6 Å². The summed E-state index contributed by atoms with van der Waals surface area (Å²) >= 11 is 4.34. The van der Waals surface area contributed by atoms with E-state index >= 15 is 0 Å². The molecule has 2 aromatic carbocycles. The molecule has 0 saturated heterocycles. The number of aromatic nitrogens is 2. The Morgan fingerprint density at radius 2 is 1.96 bits per heavy atom. The molecule has 1 aliphatic rings. The number of aryl methyl sites for hydroxylation is 1. The molecule has 126 valence electrons. The van der Waals surface area contributed by atoms with Crippen molar-refractivity contribution in [3.8, 4) is 16.9 Å². The van der Waals surface area contributed by atoms with E-state index in [9.17, 15) is 4.79 Å². The number of nitrogens with zero attached hydrogens (tertiary/aromatic N) is 2. The lowest BCUT2D eigenvalue weighted by Crippen LogP contribution is -2.15. The third-order valence-corrected chi connectivity index (χ3v) is 4.91. The highest BCUT2D eigenvalue weighted by Gasteiger charge is 2.28. The van der Waals surface area contributed by atoms with E-state index in [4.69, 9.17) is 5.73 Å². The van der Waals surface area contributed by atoms with Crippen LogP contribution in [-0.4, -0.2) is 22.7 Å². The van der Waals surface area contributed by atoms with E-state index in [0.29, 0.717) is 5.69 Å². The summed E-state index contributed by atoms with van der Waals surface area (Å²) in [6.45, 7) is 0. The Hall–Kier alpha value is -2.73. The van der Waals surface area contributed by atoms with Gasteiger partial charge in [-0.15, -0.1) is 12.6 Å². The van der Waals surface area contributed by atoms with Crippen LogP contribution in [0.2, 0.25) is 0 Å². The molecular weight excluding hydrogens is 332 g/mol. The van der Waals surface area contributed by atoms with Crippen LogP contribution in [0.3, 0.4) is 0 Å². The molecule has 3 aromatic rings. The number of benzene rings is 2. The molecule has 0 saturated carbocycles. The molecule has 1 heterocycles. The Balaban J connectivity index is 2.00. The second-order valence-corrected chi connectivity index (χ2v) is 6.61. The number of nitrogens with one attached hydrogen (secondary N) is 1. The van der Waals surface area contributed by atoms with Crippen molar-refractivity contribution in [2.45, 2.75) is 17.7 Å². The number of anilines is 1. The molecule has 0 atom stereocenters. The lowest BCUT2D eigenvalue weighted by atomic mass is 9.88. The van der Waals surface area contributed by atoms with Gasteiger partial charge in [-0.1, -0.05) is 6.07 Å². The molecular formula is C19H18N4OS. The van der Waals surface area contributed by atoms with Crippen LogP contribution < -0.4 is 11.1 Å². The van der Waals surface area contributed by atoms with E-state index in [-0.39, 0.29) is 0 Å². The maximum absolute atomic E-state index is 11.9.